The summed E-state index contributed by atoms with van der Waals surface area (Å²) in [5.41, 5.74) is 2.77. The van der Waals surface area contributed by atoms with Gasteiger partial charge in [0.15, 0.2) is 5.11 Å². The van der Waals surface area contributed by atoms with Crippen LogP contribution in [0.5, 0.6) is 0 Å². The number of hydrogen-bond acceptors (Lipinski definition) is 2. The van der Waals surface area contributed by atoms with Crippen LogP contribution < -0.4 is 15.5 Å². The van der Waals surface area contributed by atoms with Gasteiger partial charge in [0.05, 0.1) is 11.7 Å². The van der Waals surface area contributed by atoms with Crippen molar-refractivity contribution in [1.82, 2.24) is 5.32 Å². The van der Waals surface area contributed by atoms with Gasteiger partial charge in [0.1, 0.15) is 5.82 Å². The van der Waals surface area contributed by atoms with Crippen LogP contribution in [-0.4, -0.2) is 18.2 Å². The van der Waals surface area contributed by atoms with Crippen molar-refractivity contribution in [3.05, 3.63) is 58.3 Å². The zero-order valence-electron chi connectivity index (χ0n) is 15.6. The summed E-state index contributed by atoms with van der Waals surface area (Å²) in [7, 11) is 0. The number of halogens is 2. The Morgan fingerprint density at radius 3 is 2.67 bits per heavy atom. The molecule has 2 atom stereocenters. The van der Waals surface area contributed by atoms with Crippen molar-refractivity contribution in [3.63, 3.8) is 0 Å². The topological polar surface area (TPSA) is 27.3 Å². The molecule has 2 aromatic carbocycles. The van der Waals surface area contributed by atoms with Crippen molar-refractivity contribution in [2.45, 2.75) is 32.7 Å². The molecule has 144 valence electrons. The molecular formula is C21H25BrFN3S. The summed E-state index contributed by atoms with van der Waals surface area (Å²) in [6, 6.07) is 13.5. The molecule has 0 bridgehead atoms. The maximum absolute atomic E-state index is 13.9. The zero-order chi connectivity index (χ0) is 19.4. The molecular weight excluding hydrogens is 425 g/mol. The van der Waals surface area contributed by atoms with Crippen molar-refractivity contribution >= 4 is 44.6 Å². The van der Waals surface area contributed by atoms with Crippen LogP contribution in [0, 0.1) is 11.7 Å². The summed E-state index contributed by atoms with van der Waals surface area (Å²) in [5.74, 6) is 0.405. The number of anilines is 2. The van der Waals surface area contributed by atoms with E-state index in [1.165, 1.54) is 24.6 Å². The van der Waals surface area contributed by atoms with Crippen LogP contribution >= 0.6 is 28.1 Å². The maximum Gasteiger partial charge on any atom is 0.171 e. The van der Waals surface area contributed by atoms with E-state index in [0.717, 1.165) is 24.6 Å². The van der Waals surface area contributed by atoms with Crippen molar-refractivity contribution in [3.8, 4) is 0 Å². The van der Waals surface area contributed by atoms with Crippen LogP contribution in [0.3, 0.4) is 0 Å². The summed E-state index contributed by atoms with van der Waals surface area (Å²) in [6.07, 6.45) is 2.58. The predicted molar refractivity (Wildman–Crippen MR) is 119 cm³/mol. The number of hydrogen-bond donors (Lipinski definition) is 2. The van der Waals surface area contributed by atoms with Crippen molar-refractivity contribution in [1.29, 1.82) is 0 Å². The van der Waals surface area contributed by atoms with E-state index in [2.05, 4.69) is 62.7 Å². The molecule has 2 aromatic rings. The van der Waals surface area contributed by atoms with E-state index in [1.54, 1.807) is 12.1 Å². The van der Waals surface area contributed by atoms with Gasteiger partial charge >= 0.3 is 0 Å². The second-order valence-corrected chi connectivity index (χ2v) is 8.55. The number of piperidine rings is 1. The number of benzene rings is 2. The first-order chi connectivity index (χ1) is 12.9. The molecule has 3 rings (SSSR count). The molecule has 0 amide bonds. The number of thiocarbonyl (C=S) groups is 1. The van der Waals surface area contributed by atoms with E-state index in [-0.39, 0.29) is 11.9 Å². The first-order valence-corrected chi connectivity index (χ1v) is 10.5. The van der Waals surface area contributed by atoms with Gasteiger partial charge in [0.25, 0.3) is 0 Å². The van der Waals surface area contributed by atoms with Crippen LogP contribution in [-0.2, 0) is 0 Å². The molecule has 3 nitrogen and oxygen atoms in total. The highest BCUT2D eigenvalue weighted by Gasteiger charge is 2.17. The number of rotatable bonds is 4. The highest BCUT2D eigenvalue weighted by molar-refractivity contribution is 9.10. The van der Waals surface area contributed by atoms with Crippen LogP contribution in [0.1, 0.15) is 38.3 Å². The van der Waals surface area contributed by atoms with Gasteiger partial charge in [-0.3, -0.25) is 0 Å². The first kappa shape index (κ1) is 20.1. The lowest BCUT2D eigenvalue weighted by atomic mass is 9.99. The Kier molecular flexibility index (Phi) is 6.71. The second kappa shape index (κ2) is 9.02. The Bertz CT molecular complexity index is 797. The third kappa shape index (κ3) is 5.42. The van der Waals surface area contributed by atoms with Crippen LogP contribution in [0.15, 0.2) is 46.9 Å². The quantitative estimate of drug-likeness (QED) is 0.570. The van der Waals surface area contributed by atoms with Crippen LogP contribution in [0.25, 0.3) is 0 Å². The second-order valence-electron chi connectivity index (χ2n) is 7.23. The maximum atomic E-state index is 13.9. The molecule has 1 aliphatic heterocycles. The molecule has 1 aliphatic rings. The van der Waals surface area contributed by atoms with E-state index >= 15 is 0 Å². The van der Waals surface area contributed by atoms with Gasteiger partial charge in [-0.1, -0.05) is 35.0 Å². The molecule has 27 heavy (non-hydrogen) atoms. The van der Waals surface area contributed by atoms with Crippen molar-refractivity contribution in [2.24, 2.45) is 5.92 Å². The number of nitrogens with zero attached hydrogens (tertiary/aromatic N) is 1. The predicted octanol–water partition coefficient (Wildman–Crippen LogP) is 5.87. The molecule has 6 heteroatoms. The van der Waals surface area contributed by atoms with Gasteiger partial charge in [-0.15, -0.1) is 0 Å². The summed E-state index contributed by atoms with van der Waals surface area (Å²) < 4.78 is 14.6. The van der Waals surface area contributed by atoms with E-state index in [1.807, 2.05) is 6.92 Å². The molecule has 0 spiro atoms. The van der Waals surface area contributed by atoms with Gasteiger partial charge in [-0.25, -0.2) is 4.39 Å². The van der Waals surface area contributed by atoms with Crippen molar-refractivity contribution < 1.29 is 4.39 Å². The Morgan fingerprint density at radius 2 is 2.00 bits per heavy atom. The van der Waals surface area contributed by atoms with E-state index in [9.17, 15) is 4.39 Å². The molecule has 0 aliphatic carbocycles. The molecule has 0 unspecified atom stereocenters. The Balaban J connectivity index is 1.58. The first-order valence-electron chi connectivity index (χ1n) is 9.30. The van der Waals surface area contributed by atoms with E-state index in [4.69, 9.17) is 12.2 Å². The van der Waals surface area contributed by atoms with Gasteiger partial charge < -0.3 is 15.5 Å². The van der Waals surface area contributed by atoms with Crippen LogP contribution in [0.4, 0.5) is 15.8 Å². The molecule has 0 radical (unpaired) electrons. The third-order valence-electron chi connectivity index (χ3n) is 4.94. The molecule has 2 N–H and O–H groups in total. The molecule has 1 heterocycles. The Morgan fingerprint density at radius 1 is 1.26 bits per heavy atom. The minimum absolute atomic E-state index is 0.0258. The van der Waals surface area contributed by atoms with Gasteiger partial charge in [-0.2, -0.15) is 0 Å². The SMILES string of the molecule is C[C@H]1CCCN(c2ccc([C@@H](C)NC(=S)Nc3ccc(Br)cc3F)cc2)C1. The molecule has 0 saturated carbocycles. The zero-order valence-corrected chi connectivity index (χ0v) is 18.0. The fourth-order valence-corrected chi connectivity index (χ4v) is 4.05. The average Bonchev–Trinajstić information content (AvgIpc) is 2.64. The van der Waals surface area contributed by atoms with E-state index in [0.29, 0.717) is 15.3 Å². The fourth-order valence-electron chi connectivity index (χ4n) is 3.43. The summed E-state index contributed by atoms with van der Waals surface area (Å²) in [4.78, 5) is 2.46. The fraction of sp³-hybridized carbons (Fsp3) is 0.381. The molecule has 1 fully saturated rings. The summed E-state index contributed by atoms with van der Waals surface area (Å²) in [5, 5.41) is 6.54. The lowest BCUT2D eigenvalue weighted by Crippen LogP contribution is -2.34. The molecule has 0 aromatic heterocycles. The minimum Gasteiger partial charge on any atom is -0.371 e. The third-order valence-corrected chi connectivity index (χ3v) is 5.66. The largest absolute Gasteiger partial charge is 0.371 e. The smallest absolute Gasteiger partial charge is 0.171 e. The summed E-state index contributed by atoms with van der Waals surface area (Å²) >= 11 is 8.59. The Hall–Kier alpha value is -1.66. The van der Waals surface area contributed by atoms with Gasteiger partial charge in [0.2, 0.25) is 0 Å². The normalized spacial score (nSPS) is 18.1. The Labute approximate surface area is 174 Å². The van der Waals surface area contributed by atoms with E-state index < -0.39 is 0 Å². The standard InChI is InChI=1S/C21H25BrFN3S/c1-14-4-3-11-26(13-14)18-8-5-16(6-9-18)15(2)24-21(27)25-20-10-7-17(22)12-19(20)23/h5-10,12,14-15H,3-4,11,13H2,1-2H3,(H2,24,25,27)/t14-,15+/m0/s1. The van der Waals surface area contributed by atoms with Crippen LogP contribution in [0.2, 0.25) is 0 Å². The highest BCUT2D eigenvalue weighted by atomic mass is 79.9. The summed E-state index contributed by atoms with van der Waals surface area (Å²) in [6.45, 7) is 6.61. The average molecular weight is 450 g/mol. The molecule has 1 saturated heterocycles. The minimum atomic E-state index is -0.346. The lowest BCUT2D eigenvalue weighted by Gasteiger charge is -2.33. The monoisotopic (exact) mass is 449 g/mol. The van der Waals surface area contributed by atoms with Crippen molar-refractivity contribution in [2.75, 3.05) is 23.3 Å². The highest BCUT2D eigenvalue weighted by Crippen LogP contribution is 2.25. The lowest BCUT2D eigenvalue weighted by molar-refractivity contribution is 0.447. The van der Waals surface area contributed by atoms with Gasteiger partial charge in [-0.05, 0) is 73.8 Å². The van der Waals surface area contributed by atoms with Gasteiger partial charge in [0, 0.05) is 23.2 Å². The number of nitrogens with one attached hydrogen (secondary N) is 2.